The number of ether oxygens (including phenoxy) is 1. The summed E-state index contributed by atoms with van der Waals surface area (Å²) in [7, 11) is 0. The summed E-state index contributed by atoms with van der Waals surface area (Å²) in [6.07, 6.45) is 0.499. The molecule has 1 aromatic carbocycles. The predicted octanol–water partition coefficient (Wildman–Crippen LogP) is 3.96. The summed E-state index contributed by atoms with van der Waals surface area (Å²) in [5.74, 6) is 0.338. The number of rotatable bonds is 8. The third kappa shape index (κ3) is 4.55. The Labute approximate surface area is 193 Å². The van der Waals surface area contributed by atoms with Crippen LogP contribution < -0.4 is 10.6 Å². The summed E-state index contributed by atoms with van der Waals surface area (Å²) in [6.45, 7) is 1.97. The summed E-state index contributed by atoms with van der Waals surface area (Å²) in [6, 6.07) is 6.83. The maximum absolute atomic E-state index is 14.8. The second kappa shape index (κ2) is 9.55. The zero-order chi connectivity index (χ0) is 23.7. The molecule has 2 atom stereocenters. The highest BCUT2D eigenvalue weighted by atomic mass is 19.3. The molecule has 2 aromatic heterocycles. The standard InChI is InChI=1S/C22H25F3N8O/c23-16-10-32(14-11-34-12-14)5-4-17(16)29-22-28-8-20-15(3-6-33(20)31-22)13-1-2-18(30-26)19(7-13)27-9-21(24)25/h1-3,6-8,14,16-17,21,26-27H,4-5,9-12H2,(H,29,31)/t16-,17+/m1/s1. The number of nitrogens with one attached hydrogen (secondary N) is 3. The van der Waals surface area contributed by atoms with Crippen LogP contribution in [0.4, 0.5) is 30.5 Å². The van der Waals surface area contributed by atoms with Crippen LogP contribution in [0.1, 0.15) is 6.42 Å². The molecule has 2 aliphatic heterocycles. The maximum Gasteiger partial charge on any atom is 0.255 e. The molecule has 3 N–H and O–H groups in total. The molecule has 0 aliphatic carbocycles. The van der Waals surface area contributed by atoms with Crippen molar-refractivity contribution in [3.63, 3.8) is 0 Å². The Morgan fingerprint density at radius 3 is 2.82 bits per heavy atom. The number of hydrogen-bond donors (Lipinski definition) is 3. The molecule has 34 heavy (non-hydrogen) atoms. The number of hydrogen-bond acceptors (Lipinski definition) is 8. The average Bonchev–Trinajstić information content (AvgIpc) is 3.21. The van der Waals surface area contributed by atoms with E-state index in [-0.39, 0.29) is 11.7 Å². The Bertz CT molecular complexity index is 1170. The lowest BCUT2D eigenvalue weighted by molar-refractivity contribution is -0.0794. The van der Waals surface area contributed by atoms with Gasteiger partial charge in [-0.25, -0.2) is 28.2 Å². The highest BCUT2D eigenvalue weighted by Crippen LogP contribution is 2.33. The van der Waals surface area contributed by atoms with Crippen molar-refractivity contribution in [3.05, 3.63) is 36.7 Å². The molecule has 0 bridgehead atoms. The summed E-state index contributed by atoms with van der Waals surface area (Å²) in [5, 5.41) is 13.6. The molecule has 12 heteroatoms. The van der Waals surface area contributed by atoms with E-state index in [0.717, 1.165) is 17.7 Å². The number of piperidine rings is 1. The molecule has 0 spiro atoms. The van der Waals surface area contributed by atoms with Gasteiger partial charge in [0.1, 0.15) is 11.9 Å². The molecule has 2 saturated heterocycles. The van der Waals surface area contributed by atoms with Crippen molar-refractivity contribution in [3.8, 4) is 11.1 Å². The number of alkyl halides is 3. The van der Waals surface area contributed by atoms with Crippen molar-refractivity contribution < 1.29 is 17.9 Å². The van der Waals surface area contributed by atoms with Crippen molar-refractivity contribution >= 4 is 22.8 Å². The van der Waals surface area contributed by atoms with Gasteiger partial charge >= 0.3 is 0 Å². The topological polar surface area (TPSA) is 103 Å². The van der Waals surface area contributed by atoms with Gasteiger partial charge in [-0.2, -0.15) is 5.11 Å². The highest BCUT2D eigenvalue weighted by Gasteiger charge is 2.35. The van der Waals surface area contributed by atoms with Gasteiger partial charge in [-0.3, -0.25) is 4.90 Å². The van der Waals surface area contributed by atoms with Crippen LogP contribution in [0.15, 0.2) is 41.8 Å². The van der Waals surface area contributed by atoms with Crippen molar-refractivity contribution in [2.75, 3.05) is 43.5 Å². The molecule has 180 valence electrons. The Morgan fingerprint density at radius 1 is 1.26 bits per heavy atom. The van der Waals surface area contributed by atoms with E-state index >= 15 is 0 Å². The largest absolute Gasteiger partial charge is 0.378 e. The molecular formula is C22H25F3N8O. The van der Waals surface area contributed by atoms with Crippen LogP contribution in [-0.2, 0) is 4.74 Å². The monoisotopic (exact) mass is 474 g/mol. The van der Waals surface area contributed by atoms with Crippen LogP contribution >= 0.6 is 0 Å². The van der Waals surface area contributed by atoms with Crippen LogP contribution in [0.5, 0.6) is 0 Å². The van der Waals surface area contributed by atoms with Crippen LogP contribution in [0.25, 0.3) is 16.6 Å². The van der Waals surface area contributed by atoms with Gasteiger partial charge in [0.2, 0.25) is 5.95 Å². The van der Waals surface area contributed by atoms with Crippen LogP contribution in [-0.4, -0.2) is 77.0 Å². The fourth-order valence-electron chi connectivity index (χ4n) is 4.36. The van der Waals surface area contributed by atoms with Crippen molar-refractivity contribution in [1.82, 2.24) is 19.5 Å². The molecule has 9 nitrogen and oxygen atoms in total. The summed E-state index contributed by atoms with van der Waals surface area (Å²) >= 11 is 0. The van der Waals surface area contributed by atoms with Gasteiger partial charge in [-0.15, -0.1) is 5.10 Å². The molecular weight excluding hydrogens is 449 g/mol. The van der Waals surface area contributed by atoms with Crippen molar-refractivity contribution in [2.45, 2.75) is 31.1 Å². The minimum absolute atomic E-state index is 0.271. The van der Waals surface area contributed by atoms with E-state index in [1.807, 2.05) is 6.07 Å². The second-order valence-electron chi connectivity index (χ2n) is 8.50. The quantitative estimate of drug-likeness (QED) is 0.427. The van der Waals surface area contributed by atoms with Gasteiger partial charge in [0.05, 0.1) is 49.2 Å². The normalized spacial score (nSPS) is 21.5. The Hall–Kier alpha value is -3.25. The highest BCUT2D eigenvalue weighted by molar-refractivity contribution is 5.84. The second-order valence-corrected chi connectivity index (χ2v) is 8.50. The summed E-state index contributed by atoms with van der Waals surface area (Å²) in [4.78, 5) is 6.52. The number of aromatic nitrogens is 3. The fourth-order valence-corrected chi connectivity index (χ4v) is 4.36. The van der Waals surface area contributed by atoms with E-state index in [9.17, 15) is 13.2 Å². The van der Waals surface area contributed by atoms with Gasteiger partial charge in [0, 0.05) is 24.8 Å². The van der Waals surface area contributed by atoms with Gasteiger partial charge < -0.3 is 15.4 Å². The lowest BCUT2D eigenvalue weighted by Gasteiger charge is -2.42. The van der Waals surface area contributed by atoms with Gasteiger partial charge in [0.15, 0.2) is 0 Å². The fraction of sp³-hybridized carbons (Fsp3) is 0.455. The smallest absolute Gasteiger partial charge is 0.255 e. The van der Waals surface area contributed by atoms with E-state index in [4.69, 9.17) is 10.3 Å². The van der Waals surface area contributed by atoms with E-state index in [2.05, 4.69) is 30.7 Å². The molecule has 0 unspecified atom stereocenters. The molecule has 0 saturated carbocycles. The first kappa shape index (κ1) is 22.5. The zero-order valence-corrected chi connectivity index (χ0v) is 18.3. The van der Waals surface area contributed by atoms with Gasteiger partial charge in [-0.05, 0) is 30.2 Å². The van der Waals surface area contributed by atoms with E-state index in [1.165, 1.54) is 0 Å². The molecule has 3 aromatic rings. The number of likely N-dealkylation sites (tertiary alicyclic amines) is 1. The zero-order valence-electron chi connectivity index (χ0n) is 18.3. The predicted molar refractivity (Wildman–Crippen MR) is 121 cm³/mol. The molecule has 2 fully saturated rings. The first-order valence-corrected chi connectivity index (χ1v) is 11.1. The summed E-state index contributed by atoms with van der Waals surface area (Å²) in [5.41, 5.74) is 10.1. The SMILES string of the molecule is N=Nc1ccc(-c2ccn3nc(N[C@H]4CCN(C5COC5)C[C@H]4F)ncc23)cc1NCC(F)F. The number of benzene rings is 1. The lowest BCUT2D eigenvalue weighted by atomic mass is 10.0. The average molecular weight is 474 g/mol. The third-order valence-corrected chi connectivity index (χ3v) is 6.32. The van der Waals surface area contributed by atoms with Crippen LogP contribution in [0, 0.1) is 5.53 Å². The van der Waals surface area contributed by atoms with Crippen molar-refractivity contribution in [1.29, 1.82) is 5.53 Å². The number of fused-ring (bicyclic) bond motifs is 1. The van der Waals surface area contributed by atoms with Crippen LogP contribution in [0.3, 0.4) is 0 Å². The molecule has 0 radical (unpaired) electrons. The number of halogens is 3. The van der Waals surface area contributed by atoms with E-state index in [1.54, 1.807) is 35.1 Å². The molecule has 0 amide bonds. The van der Waals surface area contributed by atoms with E-state index in [0.29, 0.717) is 49.4 Å². The minimum atomic E-state index is -2.53. The first-order chi connectivity index (χ1) is 16.5. The number of nitrogens with zero attached hydrogens (tertiary/aromatic N) is 5. The molecule has 5 rings (SSSR count). The van der Waals surface area contributed by atoms with Crippen molar-refractivity contribution in [2.24, 2.45) is 5.11 Å². The summed E-state index contributed by atoms with van der Waals surface area (Å²) < 4.78 is 46.9. The molecule has 2 aliphatic rings. The Balaban J connectivity index is 1.32. The third-order valence-electron chi connectivity index (χ3n) is 6.32. The first-order valence-electron chi connectivity index (χ1n) is 11.1. The van der Waals surface area contributed by atoms with Gasteiger partial charge in [-0.1, -0.05) is 6.07 Å². The van der Waals surface area contributed by atoms with Crippen LogP contribution in [0.2, 0.25) is 0 Å². The Morgan fingerprint density at radius 2 is 2.12 bits per heavy atom. The Kier molecular flexibility index (Phi) is 6.33. The van der Waals surface area contributed by atoms with E-state index < -0.39 is 19.1 Å². The maximum atomic E-state index is 14.8. The number of anilines is 2. The molecule has 4 heterocycles. The lowest BCUT2D eigenvalue weighted by Crippen LogP contribution is -2.57. The minimum Gasteiger partial charge on any atom is -0.378 e. The van der Waals surface area contributed by atoms with Gasteiger partial charge in [0.25, 0.3) is 6.43 Å².